The van der Waals surface area contributed by atoms with Crippen LogP contribution in [0.3, 0.4) is 0 Å². The molecule has 1 aliphatic heterocycles. The summed E-state index contributed by atoms with van der Waals surface area (Å²) < 4.78 is 79.1. The summed E-state index contributed by atoms with van der Waals surface area (Å²) in [5.41, 5.74) is -0.111. The van der Waals surface area contributed by atoms with E-state index in [0.717, 1.165) is 28.1 Å². The van der Waals surface area contributed by atoms with E-state index in [2.05, 4.69) is 5.43 Å². The van der Waals surface area contributed by atoms with Crippen molar-refractivity contribution in [3.8, 4) is 11.1 Å². The molecule has 1 aromatic heterocycles. The summed E-state index contributed by atoms with van der Waals surface area (Å²) in [4.78, 5) is 23.8. The van der Waals surface area contributed by atoms with Crippen molar-refractivity contribution in [3.05, 3.63) is 50.6 Å². The lowest BCUT2D eigenvalue weighted by molar-refractivity contribution is -0.143. The molecule has 3 rings (SSSR count). The van der Waals surface area contributed by atoms with E-state index in [1.807, 2.05) is 0 Å². The molecule has 0 bridgehead atoms. The number of hydrazine groups is 1. The Morgan fingerprint density at radius 3 is 2.23 bits per heavy atom. The lowest BCUT2D eigenvalue weighted by Gasteiger charge is -2.15. The van der Waals surface area contributed by atoms with Crippen molar-refractivity contribution in [2.75, 3.05) is 6.54 Å². The first-order chi connectivity index (χ1) is 16.3. The van der Waals surface area contributed by atoms with Crippen LogP contribution in [0.4, 0.5) is 26.3 Å². The maximum absolute atomic E-state index is 13.1. The summed E-state index contributed by atoms with van der Waals surface area (Å²) in [6, 6.07) is 2.76. The van der Waals surface area contributed by atoms with E-state index in [9.17, 15) is 35.9 Å². The molecule has 2 heterocycles. The number of hydrogen-bond donors (Lipinski definition) is 2. The van der Waals surface area contributed by atoms with Crippen LogP contribution in [0.5, 0.6) is 0 Å². The molecule has 1 aromatic carbocycles. The number of carbonyl (C=O) groups excluding carboxylic acids is 1. The molecule has 0 radical (unpaired) electrons. The van der Waals surface area contributed by atoms with Gasteiger partial charge in [0, 0.05) is 17.8 Å². The van der Waals surface area contributed by atoms with Gasteiger partial charge in [0.25, 0.3) is 5.91 Å². The normalized spacial score (nSPS) is 15.9. The van der Waals surface area contributed by atoms with Gasteiger partial charge in [-0.2, -0.15) is 26.3 Å². The standard InChI is InChI=1S/C21H16F6N2O3S3/c22-20(23,24)13-5-11(6-14(8-13)21(25,26)27)12-7-15(34-10-12)9-16-18(32)29(19(33)35-16)28-4-2-1-3-17(30)31/h5-10,28H,1-4H2,(H,30,31). The van der Waals surface area contributed by atoms with E-state index in [-0.39, 0.29) is 32.8 Å². The average molecular weight is 555 g/mol. The van der Waals surface area contributed by atoms with Crippen molar-refractivity contribution in [1.82, 2.24) is 10.4 Å². The number of carboxylic acid groups (broad SMARTS) is 1. The highest BCUT2D eigenvalue weighted by atomic mass is 32.2. The monoisotopic (exact) mass is 554 g/mol. The fraction of sp³-hybridized carbons (Fsp3) is 0.286. The van der Waals surface area contributed by atoms with E-state index < -0.39 is 35.4 Å². The number of nitrogens with one attached hydrogen (secondary N) is 1. The number of unbranched alkanes of at least 4 members (excludes halogenated alkanes) is 1. The molecule has 14 heteroatoms. The molecule has 1 fully saturated rings. The Bertz CT molecular complexity index is 1140. The van der Waals surface area contributed by atoms with Crippen LogP contribution in [0.15, 0.2) is 34.6 Å². The number of aliphatic carboxylic acids is 1. The summed E-state index contributed by atoms with van der Waals surface area (Å²) >= 11 is 7.20. The number of halogens is 6. The predicted octanol–water partition coefficient (Wildman–Crippen LogP) is 6.41. The minimum absolute atomic E-state index is 0.00295. The van der Waals surface area contributed by atoms with Crippen molar-refractivity contribution < 1.29 is 41.0 Å². The Labute approximate surface area is 208 Å². The van der Waals surface area contributed by atoms with Crippen molar-refractivity contribution >= 4 is 57.6 Å². The molecule has 1 aliphatic rings. The Kier molecular flexibility index (Phi) is 8.29. The summed E-state index contributed by atoms with van der Waals surface area (Å²) in [5.74, 6) is -1.39. The third-order valence-electron chi connectivity index (χ3n) is 4.70. The molecular formula is C21H16F6N2O3S3. The van der Waals surface area contributed by atoms with Gasteiger partial charge in [-0.15, -0.1) is 11.3 Å². The van der Waals surface area contributed by atoms with Crippen molar-refractivity contribution in [2.45, 2.75) is 31.6 Å². The van der Waals surface area contributed by atoms with E-state index >= 15 is 0 Å². The minimum atomic E-state index is -4.95. The van der Waals surface area contributed by atoms with Gasteiger partial charge in [0.05, 0.1) is 16.0 Å². The molecule has 0 unspecified atom stereocenters. The van der Waals surface area contributed by atoms with Crippen LogP contribution >= 0.6 is 35.3 Å². The number of amides is 1. The summed E-state index contributed by atoms with van der Waals surface area (Å²) in [7, 11) is 0. The summed E-state index contributed by atoms with van der Waals surface area (Å²) in [6.45, 7) is 0.313. The number of thiophene rings is 1. The first-order valence-electron chi connectivity index (χ1n) is 9.87. The number of hydrogen-bond acceptors (Lipinski definition) is 6. The lowest BCUT2D eigenvalue weighted by Crippen LogP contribution is -2.41. The first kappa shape index (κ1) is 27.2. The van der Waals surface area contributed by atoms with Crippen molar-refractivity contribution in [1.29, 1.82) is 0 Å². The number of benzene rings is 1. The minimum Gasteiger partial charge on any atom is -0.481 e. The molecule has 5 nitrogen and oxygen atoms in total. The number of carbonyl (C=O) groups is 2. The molecule has 0 saturated carbocycles. The molecule has 0 atom stereocenters. The van der Waals surface area contributed by atoms with E-state index in [1.54, 1.807) is 0 Å². The SMILES string of the molecule is O=C(O)CCCCNN1C(=O)C(=Cc2cc(-c3cc(C(F)(F)F)cc(C(F)(F)F)c3)cs2)SC1=S. The zero-order valence-corrected chi connectivity index (χ0v) is 19.9. The quantitative estimate of drug-likeness (QED) is 0.170. The van der Waals surface area contributed by atoms with Gasteiger partial charge in [0.15, 0.2) is 4.32 Å². The Morgan fingerprint density at radius 1 is 1.03 bits per heavy atom. The number of carboxylic acids is 1. The van der Waals surface area contributed by atoms with Crippen LogP contribution in [-0.4, -0.2) is 32.9 Å². The number of alkyl halides is 6. The second-order valence-corrected chi connectivity index (χ2v) is 9.93. The van der Waals surface area contributed by atoms with Crippen LogP contribution in [0.25, 0.3) is 17.2 Å². The highest BCUT2D eigenvalue weighted by Gasteiger charge is 2.37. The summed E-state index contributed by atoms with van der Waals surface area (Å²) in [6.07, 6.45) is -7.55. The molecule has 1 saturated heterocycles. The lowest BCUT2D eigenvalue weighted by atomic mass is 10.0. The van der Waals surface area contributed by atoms with Crippen LogP contribution < -0.4 is 5.43 Å². The van der Waals surface area contributed by atoms with Crippen LogP contribution in [0, 0.1) is 0 Å². The van der Waals surface area contributed by atoms with Gasteiger partial charge in [-0.3, -0.25) is 9.59 Å². The van der Waals surface area contributed by atoms with E-state index in [1.165, 1.54) is 17.5 Å². The predicted molar refractivity (Wildman–Crippen MR) is 124 cm³/mol. The first-order valence-corrected chi connectivity index (χ1v) is 12.0. The summed E-state index contributed by atoms with van der Waals surface area (Å²) in [5, 5.41) is 11.2. The van der Waals surface area contributed by atoms with Gasteiger partial charge < -0.3 is 5.11 Å². The maximum atomic E-state index is 13.1. The Morgan fingerprint density at radius 2 is 1.66 bits per heavy atom. The molecule has 2 aromatic rings. The number of nitrogens with zero attached hydrogens (tertiary/aromatic N) is 1. The smallest absolute Gasteiger partial charge is 0.416 e. The average Bonchev–Trinajstić information content (AvgIpc) is 3.31. The van der Waals surface area contributed by atoms with Crippen molar-refractivity contribution in [3.63, 3.8) is 0 Å². The van der Waals surface area contributed by atoms with Gasteiger partial charge >= 0.3 is 18.3 Å². The highest BCUT2D eigenvalue weighted by Crippen LogP contribution is 2.40. The van der Waals surface area contributed by atoms with E-state index in [0.29, 0.717) is 36.4 Å². The molecule has 35 heavy (non-hydrogen) atoms. The second-order valence-electron chi connectivity index (χ2n) is 7.31. The van der Waals surface area contributed by atoms with Gasteiger partial charge in [0.1, 0.15) is 0 Å². The number of thioether (sulfide) groups is 1. The topological polar surface area (TPSA) is 69.6 Å². The van der Waals surface area contributed by atoms with Crippen molar-refractivity contribution in [2.24, 2.45) is 0 Å². The van der Waals surface area contributed by atoms with Crippen LogP contribution in [0.2, 0.25) is 0 Å². The fourth-order valence-corrected chi connectivity index (χ4v) is 5.16. The fourth-order valence-electron chi connectivity index (χ4n) is 3.03. The van der Waals surface area contributed by atoms with Gasteiger partial charge in [-0.05, 0) is 59.7 Å². The third kappa shape index (κ3) is 7.06. The Hall–Kier alpha value is -2.42. The van der Waals surface area contributed by atoms with E-state index in [4.69, 9.17) is 17.3 Å². The molecule has 1 amide bonds. The second kappa shape index (κ2) is 10.7. The number of rotatable bonds is 8. The largest absolute Gasteiger partial charge is 0.481 e. The molecule has 188 valence electrons. The number of thiocarbonyl (C=S) groups is 1. The van der Waals surface area contributed by atoms with Gasteiger partial charge in [-0.25, -0.2) is 10.4 Å². The molecule has 0 spiro atoms. The zero-order valence-electron chi connectivity index (χ0n) is 17.5. The highest BCUT2D eigenvalue weighted by molar-refractivity contribution is 8.26. The Balaban J connectivity index is 1.78. The van der Waals surface area contributed by atoms with Gasteiger partial charge in [-0.1, -0.05) is 24.0 Å². The molecule has 0 aliphatic carbocycles. The molecule has 2 N–H and O–H groups in total. The van der Waals surface area contributed by atoms with Crippen LogP contribution in [-0.2, 0) is 21.9 Å². The molecular weight excluding hydrogens is 538 g/mol. The third-order valence-corrected chi connectivity index (χ3v) is 6.88. The van der Waals surface area contributed by atoms with Crippen LogP contribution in [0.1, 0.15) is 35.3 Å². The maximum Gasteiger partial charge on any atom is 0.416 e. The zero-order chi connectivity index (χ0) is 26.0. The van der Waals surface area contributed by atoms with Gasteiger partial charge in [0.2, 0.25) is 0 Å².